The van der Waals surface area contributed by atoms with Crippen LogP contribution in [0.5, 0.6) is 5.75 Å². The smallest absolute Gasteiger partial charge is 0.243 e. The van der Waals surface area contributed by atoms with Crippen LogP contribution in [0.1, 0.15) is 6.92 Å². The van der Waals surface area contributed by atoms with Crippen LogP contribution in [0, 0.1) is 0 Å². The van der Waals surface area contributed by atoms with E-state index in [1.165, 1.54) is 6.92 Å². The summed E-state index contributed by atoms with van der Waals surface area (Å²) in [6, 6.07) is 14.3. The van der Waals surface area contributed by atoms with Crippen LogP contribution in [-0.2, 0) is 9.59 Å². The molecule has 0 spiro atoms. The van der Waals surface area contributed by atoms with Gasteiger partial charge in [0.1, 0.15) is 5.75 Å². The fourth-order valence-electron chi connectivity index (χ4n) is 2.05. The molecule has 0 bridgehead atoms. The van der Waals surface area contributed by atoms with Gasteiger partial charge in [0.05, 0.1) is 19.3 Å². The molecule has 6 heteroatoms. The lowest BCUT2D eigenvalue weighted by Crippen LogP contribution is -2.22. The van der Waals surface area contributed by atoms with Gasteiger partial charge >= 0.3 is 0 Å². The maximum atomic E-state index is 12.0. The van der Waals surface area contributed by atoms with Gasteiger partial charge in [0.15, 0.2) is 0 Å². The molecule has 0 radical (unpaired) electrons. The Morgan fingerprint density at radius 1 is 1.00 bits per heavy atom. The minimum atomic E-state index is -0.198. The number of amides is 2. The molecule has 2 rings (SSSR count). The van der Waals surface area contributed by atoms with Crippen LogP contribution in [0.4, 0.5) is 17.1 Å². The minimum absolute atomic E-state index is 0.102. The number of carbonyl (C=O) groups is 2. The lowest BCUT2D eigenvalue weighted by molar-refractivity contribution is -0.115. The van der Waals surface area contributed by atoms with Gasteiger partial charge in [-0.2, -0.15) is 0 Å². The first kappa shape index (κ1) is 16.4. The van der Waals surface area contributed by atoms with Crippen molar-refractivity contribution in [2.45, 2.75) is 6.92 Å². The molecule has 2 aromatic carbocycles. The van der Waals surface area contributed by atoms with Crippen molar-refractivity contribution in [1.29, 1.82) is 0 Å². The van der Waals surface area contributed by atoms with Crippen LogP contribution < -0.4 is 20.7 Å². The van der Waals surface area contributed by atoms with Crippen molar-refractivity contribution in [3.05, 3.63) is 48.5 Å². The van der Waals surface area contributed by atoms with Crippen LogP contribution in [0.25, 0.3) is 0 Å². The Labute approximate surface area is 134 Å². The number of anilines is 3. The number of benzene rings is 2. The summed E-state index contributed by atoms with van der Waals surface area (Å²) in [4.78, 5) is 23.1. The highest BCUT2D eigenvalue weighted by atomic mass is 16.5. The van der Waals surface area contributed by atoms with E-state index in [0.717, 1.165) is 5.69 Å². The quantitative estimate of drug-likeness (QED) is 0.766. The topological polar surface area (TPSA) is 79.5 Å². The van der Waals surface area contributed by atoms with Gasteiger partial charge in [-0.3, -0.25) is 9.59 Å². The number of ether oxygens (including phenoxy) is 1. The van der Waals surface area contributed by atoms with Crippen LogP contribution in [0.3, 0.4) is 0 Å². The van der Waals surface area contributed by atoms with Gasteiger partial charge in [0, 0.05) is 18.3 Å². The van der Waals surface area contributed by atoms with Crippen LogP contribution in [0.15, 0.2) is 48.5 Å². The van der Waals surface area contributed by atoms with Crippen LogP contribution in [0.2, 0.25) is 0 Å². The predicted octanol–water partition coefficient (Wildman–Crippen LogP) is 2.70. The van der Waals surface area contributed by atoms with Crippen molar-refractivity contribution in [3.63, 3.8) is 0 Å². The van der Waals surface area contributed by atoms with E-state index < -0.39 is 0 Å². The van der Waals surface area contributed by atoms with Crippen LogP contribution in [-0.4, -0.2) is 25.5 Å². The normalized spacial score (nSPS) is 9.83. The van der Waals surface area contributed by atoms with Crippen molar-refractivity contribution in [3.8, 4) is 5.75 Å². The Bertz CT molecular complexity index is 701. The standard InChI is InChI=1S/C17H19N3O3/c1-12(21)19-13-6-5-7-14(10-13)20-17(22)11-18-15-8-3-4-9-16(15)23-2/h3-10,18H,11H2,1-2H3,(H,19,21)(H,20,22). The predicted molar refractivity (Wildman–Crippen MR) is 90.9 cm³/mol. The Morgan fingerprint density at radius 2 is 1.70 bits per heavy atom. The maximum Gasteiger partial charge on any atom is 0.243 e. The average Bonchev–Trinajstić information content (AvgIpc) is 2.53. The number of methoxy groups -OCH3 is 1. The average molecular weight is 313 g/mol. The fourth-order valence-corrected chi connectivity index (χ4v) is 2.05. The minimum Gasteiger partial charge on any atom is -0.495 e. The Kier molecular flexibility index (Phi) is 5.57. The zero-order valence-corrected chi connectivity index (χ0v) is 13.1. The monoisotopic (exact) mass is 313 g/mol. The van der Waals surface area contributed by atoms with E-state index in [1.807, 2.05) is 24.3 Å². The summed E-state index contributed by atoms with van der Waals surface area (Å²) < 4.78 is 5.21. The molecule has 0 aliphatic carbocycles. The van der Waals surface area contributed by atoms with Gasteiger partial charge in [-0.1, -0.05) is 18.2 Å². The van der Waals surface area contributed by atoms with E-state index in [4.69, 9.17) is 4.74 Å². The first-order chi connectivity index (χ1) is 11.1. The van der Waals surface area contributed by atoms with E-state index in [2.05, 4.69) is 16.0 Å². The molecule has 0 fully saturated rings. The Balaban J connectivity index is 1.93. The van der Waals surface area contributed by atoms with E-state index in [1.54, 1.807) is 31.4 Å². The third-order valence-electron chi connectivity index (χ3n) is 3.01. The second-order valence-electron chi connectivity index (χ2n) is 4.86. The largest absolute Gasteiger partial charge is 0.495 e. The first-order valence-electron chi connectivity index (χ1n) is 7.13. The Morgan fingerprint density at radius 3 is 2.39 bits per heavy atom. The summed E-state index contributed by atoms with van der Waals surface area (Å²) in [6.45, 7) is 1.53. The lowest BCUT2D eigenvalue weighted by atomic mass is 10.2. The van der Waals surface area contributed by atoms with E-state index in [0.29, 0.717) is 17.1 Å². The van der Waals surface area contributed by atoms with Gasteiger partial charge < -0.3 is 20.7 Å². The van der Waals surface area contributed by atoms with Crippen molar-refractivity contribution in [1.82, 2.24) is 0 Å². The molecule has 0 aromatic heterocycles. The Hall–Kier alpha value is -3.02. The van der Waals surface area contributed by atoms with Gasteiger partial charge in [0.25, 0.3) is 0 Å². The second-order valence-corrected chi connectivity index (χ2v) is 4.86. The van der Waals surface area contributed by atoms with E-state index in [-0.39, 0.29) is 18.4 Å². The van der Waals surface area contributed by atoms with Gasteiger partial charge in [-0.25, -0.2) is 0 Å². The first-order valence-corrected chi connectivity index (χ1v) is 7.13. The molecule has 0 aliphatic heterocycles. The zero-order chi connectivity index (χ0) is 16.7. The number of nitrogens with one attached hydrogen (secondary N) is 3. The van der Waals surface area contributed by atoms with Crippen LogP contribution >= 0.6 is 0 Å². The fraction of sp³-hybridized carbons (Fsp3) is 0.176. The zero-order valence-electron chi connectivity index (χ0n) is 13.1. The highest BCUT2D eigenvalue weighted by Gasteiger charge is 2.06. The molecule has 0 heterocycles. The number of para-hydroxylation sites is 2. The molecule has 0 saturated heterocycles. The highest BCUT2D eigenvalue weighted by molar-refractivity contribution is 5.95. The second kappa shape index (κ2) is 7.84. The number of hydrogen-bond acceptors (Lipinski definition) is 4. The molecule has 2 aromatic rings. The molecule has 120 valence electrons. The van der Waals surface area contributed by atoms with Gasteiger partial charge in [-0.05, 0) is 30.3 Å². The van der Waals surface area contributed by atoms with Crippen molar-refractivity contribution < 1.29 is 14.3 Å². The molecule has 0 aliphatic rings. The third kappa shape index (κ3) is 5.03. The van der Waals surface area contributed by atoms with E-state index in [9.17, 15) is 9.59 Å². The highest BCUT2D eigenvalue weighted by Crippen LogP contribution is 2.22. The molecule has 0 unspecified atom stereocenters. The third-order valence-corrected chi connectivity index (χ3v) is 3.01. The number of hydrogen-bond donors (Lipinski definition) is 3. The molecule has 2 amide bonds. The van der Waals surface area contributed by atoms with Crippen molar-refractivity contribution in [2.24, 2.45) is 0 Å². The lowest BCUT2D eigenvalue weighted by Gasteiger charge is -2.11. The maximum absolute atomic E-state index is 12.0. The van der Waals surface area contributed by atoms with Gasteiger partial charge in [0.2, 0.25) is 11.8 Å². The number of rotatable bonds is 6. The van der Waals surface area contributed by atoms with Gasteiger partial charge in [-0.15, -0.1) is 0 Å². The summed E-state index contributed by atoms with van der Waals surface area (Å²) in [7, 11) is 1.58. The number of carbonyl (C=O) groups excluding carboxylic acids is 2. The molecule has 3 N–H and O–H groups in total. The summed E-state index contributed by atoms with van der Waals surface area (Å²) in [5, 5.41) is 8.46. The summed E-state index contributed by atoms with van der Waals surface area (Å²) >= 11 is 0. The van der Waals surface area contributed by atoms with Crippen molar-refractivity contribution >= 4 is 28.9 Å². The SMILES string of the molecule is COc1ccccc1NCC(=O)Nc1cccc(NC(C)=O)c1. The molecular formula is C17H19N3O3. The van der Waals surface area contributed by atoms with Crippen molar-refractivity contribution in [2.75, 3.05) is 29.6 Å². The van der Waals surface area contributed by atoms with E-state index >= 15 is 0 Å². The molecule has 6 nitrogen and oxygen atoms in total. The summed E-state index contributed by atoms with van der Waals surface area (Å²) in [6.07, 6.45) is 0. The molecular weight excluding hydrogens is 294 g/mol. The molecule has 0 atom stereocenters. The summed E-state index contributed by atoms with van der Waals surface area (Å²) in [5.74, 6) is 0.315. The summed E-state index contributed by atoms with van der Waals surface area (Å²) in [5.41, 5.74) is 1.99. The molecule has 0 saturated carbocycles. The molecule has 23 heavy (non-hydrogen) atoms.